The van der Waals surface area contributed by atoms with Crippen LogP contribution in [0.5, 0.6) is 0 Å². The molecule has 0 aliphatic rings. The van der Waals surface area contributed by atoms with Crippen LogP contribution in [-0.2, 0) is 6.42 Å². The largest absolute Gasteiger partial charge is 0.465 e. The van der Waals surface area contributed by atoms with Crippen LogP contribution in [0.15, 0.2) is 36.5 Å². The summed E-state index contributed by atoms with van der Waals surface area (Å²) in [6, 6.07) is 7.20. The van der Waals surface area contributed by atoms with Gasteiger partial charge in [-0.05, 0) is 18.1 Å². The lowest BCUT2D eigenvalue weighted by Crippen LogP contribution is -2.23. The van der Waals surface area contributed by atoms with Crippen molar-refractivity contribution in [2.24, 2.45) is 0 Å². The van der Waals surface area contributed by atoms with Crippen molar-refractivity contribution in [2.45, 2.75) is 6.42 Å². The van der Waals surface area contributed by atoms with Gasteiger partial charge in [0, 0.05) is 38.5 Å². The van der Waals surface area contributed by atoms with E-state index in [0.717, 1.165) is 5.56 Å². The zero-order valence-corrected chi connectivity index (χ0v) is 11.1. The number of nitrogens with zero attached hydrogens (tertiary/aromatic N) is 1. The lowest BCUT2D eigenvalue weighted by atomic mass is 10.1. The highest BCUT2D eigenvalue weighted by Crippen LogP contribution is 2.07. The van der Waals surface area contributed by atoms with Crippen molar-refractivity contribution in [1.82, 2.24) is 10.2 Å². The first-order valence-electron chi connectivity index (χ1n) is 5.93. The summed E-state index contributed by atoms with van der Waals surface area (Å²) in [6.07, 6.45) is 2.72. The maximum absolute atomic E-state index is 11.9. The third-order valence-corrected chi connectivity index (χ3v) is 2.43. The monoisotopic (exact) mass is 262 g/mol. The van der Waals surface area contributed by atoms with Gasteiger partial charge in [-0.3, -0.25) is 4.79 Å². The smallest absolute Gasteiger partial charge is 0.404 e. The number of amides is 1. The predicted molar refractivity (Wildman–Crippen MR) is 73.3 cm³/mol. The van der Waals surface area contributed by atoms with E-state index < -0.39 is 6.09 Å². The summed E-state index contributed by atoms with van der Waals surface area (Å²) in [7, 11) is 3.69. The fourth-order valence-corrected chi connectivity index (χ4v) is 1.51. The maximum Gasteiger partial charge on any atom is 0.404 e. The Labute approximate surface area is 112 Å². The highest BCUT2D eigenvalue weighted by atomic mass is 16.4. The number of carbonyl (C=O) groups is 2. The minimum absolute atomic E-state index is 0.0678. The summed E-state index contributed by atoms with van der Waals surface area (Å²) in [5.41, 5.74) is 1.53. The molecule has 1 aromatic carbocycles. The molecular formula is C14H18N2O3. The van der Waals surface area contributed by atoms with Gasteiger partial charge in [0.1, 0.15) is 0 Å². The van der Waals surface area contributed by atoms with Gasteiger partial charge in [0.25, 0.3) is 0 Å². The van der Waals surface area contributed by atoms with E-state index in [4.69, 9.17) is 5.11 Å². The summed E-state index contributed by atoms with van der Waals surface area (Å²) >= 11 is 0. The molecule has 0 heterocycles. The average molecular weight is 262 g/mol. The second kappa shape index (κ2) is 7.20. The Morgan fingerprint density at radius 2 is 2.11 bits per heavy atom. The molecule has 2 N–H and O–H groups in total. The molecule has 0 aliphatic heterocycles. The Kier molecular flexibility index (Phi) is 5.60. The van der Waals surface area contributed by atoms with Gasteiger partial charge < -0.3 is 15.3 Å². The topological polar surface area (TPSA) is 69.6 Å². The van der Waals surface area contributed by atoms with Crippen LogP contribution < -0.4 is 5.32 Å². The van der Waals surface area contributed by atoms with Crippen molar-refractivity contribution in [3.8, 4) is 0 Å². The third-order valence-electron chi connectivity index (χ3n) is 2.43. The molecule has 102 valence electrons. The van der Waals surface area contributed by atoms with Gasteiger partial charge in [0.05, 0.1) is 0 Å². The second-order valence-corrected chi connectivity index (χ2v) is 4.33. The van der Waals surface area contributed by atoms with Crippen molar-refractivity contribution in [2.75, 3.05) is 20.6 Å². The van der Waals surface area contributed by atoms with Gasteiger partial charge in [-0.15, -0.1) is 0 Å². The molecule has 1 amide bonds. The van der Waals surface area contributed by atoms with Crippen LogP contribution in [0.2, 0.25) is 0 Å². The minimum Gasteiger partial charge on any atom is -0.465 e. The SMILES string of the molecule is CN(C)C=CC(=O)c1cccc(CCNC(=O)O)c1. The van der Waals surface area contributed by atoms with Crippen molar-refractivity contribution in [3.63, 3.8) is 0 Å². The number of hydrogen-bond acceptors (Lipinski definition) is 3. The molecule has 5 heteroatoms. The quantitative estimate of drug-likeness (QED) is 0.605. The summed E-state index contributed by atoms with van der Waals surface area (Å²) in [5, 5.41) is 10.8. The number of nitrogens with one attached hydrogen (secondary N) is 1. The lowest BCUT2D eigenvalue weighted by Gasteiger charge is -2.05. The van der Waals surface area contributed by atoms with Gasteiger partial charge in [-0.2, -0.15) is 0 Å². The molecule has 1 rings (SSSR count). The number of hydrogen-bond donors (Lipinski definition) is 2. The van der Waals surface area contributed by atoms with E-state index in [-0.39, 0.29) is 5.78 Å². The van der Waals surface area contributed by atoms with Crippen molar-refractivity contribution in [3.05, 3.63) is 47.7 Å². The molecule has 0 unspecified atom stereocenters. The second-order valence-electron chi connectivity index (χ2n) is 4.33. The maximum atomic E-state index is 11.9. The van der Waals surface area contributed by atoms with E-state index in [2.05, 4.69) is 5.32 Å². The molecule has 0 aromatic heterocycles. The Hall–Kier alpha value is -2.30. The molecule has 5 nitrogen and oxygen atoms in total. The molecule has 0 radical (unpaired) electrons. The fourth-order valence-electron chi connectivity index (χ4n) is 1.51. The van der Waals surface area contributed by atoms with Crippen molar-refractivity contribution in [1.29, 1.82) is 0 Å². The molecule has 0 atom stereocenters. The average Bonchev–Trinajstić information content (AvgIpc) is 2.36. The minimum atomic E-state index is -1.04. The molecule has 0 saturated heterocycles. The summed E-state index contributed by atoms with van der Waals surface area (Å²) in [6.45, 7) is 0.334. The van der Waals surface area contributed by atoms with Crippen LogP contribution in [0.25, 0.3) is 0 Å². The van der Waals surface area contributed by atoms with Gasteiger partial charge in [-0.25, -0.2) is 4.79 Å². The van der Waals surface area contributed by atoms with Crippen LogP contribution in [0.4, 0.5) is 4.79 Å². The molecular weight excluding hydrogens is 244 g/mol. The van der Waals surface area contributed by atoms with Crippen LogP contribution >= 0.6 is 0 Å². The zero-order chi connectivity index (χ0) is 14.3. The zero-order valence-electron chi connectivity index (χ0n) is 11.1. The van der Waals surface area contributed by atoms with Crippen LogP contribution in [0.1, 0.15) is 15.9 Å². The first-order valence-corrected chi connectivity index (χ1v) is 5.93. The van der Waals surface area contributed by atoms with Crippen LogP contribution in [0, 0.1) is 0 Å². The van der Waals surface area contributed by atoms with Crippen molar-refractivity contribution >= 4 is 11.9 Å². The highest BCUT2D eigenvalue weighted by molar-refractivity contribution is 6.04. The van der Waals surface area contributed by atoms with Crippen molar-refractivity contribution < 1.29 is 14.7 Å². The van der Waals surface area contributed by atoms with E-state index in [9.17, 15) is 9.59 Å². The van der Waals surface area contributed by atoms with Gasteiger partial charge in [0.15, 0.2) is 5.78 Å². The lowest BCUT2D eigenvalue weighted by molar-refractivity contribution is 0.104. The Bertz CT molecular complexity index is 481. The first-order chi connectivity index (χ1) is 8.99. The van der Waals surface area contributed by atoms with E-state index >= 15 is 0 Å². The van der Waals surface area contributed by atoms with Gasteiger partial charge >= 0.3 is 6.09 Å². The Morgan fingerprint density at radius 3 is 2.74 bits per heavy atom. The summed E-state index contributed by atoms with van der Waals surface area (Å²) < 4.78 is 0. The normalized spacial score (nSPS) is 10.4. The van der Waals surface area contributed by atoms with E-state index in [1.54, 1.807) is 29.3 Å². The standard InChI is InChI=1S/C14H18N2O3/c1-16(2)9-7-13(17)12-5-3-4-11(10-12)6-8-15-14(18)19/h3-5,7,9-10,15H,6,8H2,1-2H3,(H,18,19). The van der Waals surface area contributed by atoms with Crippen LogP contribution in [-0.4, -0.2) is 42.5 Å². The molecule has 1 aromatic rings. The molecule has 0 saturated carbocycles. The third kappa shape index (κ3) is 5.72. The molecule has 0 aliphatic carbocycles. The number of rotatable bonds is 6. The Balaban J connectivity index is 2.66. The van der Waals surface area contributed by atoms with Crippen LogP contribution in [0.3, 0.4) is 0 Å². The Morgan fingerprint density at radius 1 is 1.37 bits per heavy atom. The summed E-state index contributed by atoms with van der Waals surface area (Å²) in [4.78, 5) is 24.0. The first kappa shape index (κ1) is 14.8. The summed E-state index contributed by atoms with van der Waals surface area (Å²) in [5.74, 6) is -0.0678. The number of carboxylic acid groups (broad SMARTS) is 1. The molecule has 0 spiro atoms. The number of carbonyl (C=O) groups excluding carboxylic acids is 1. The number of allylic oxidation sites excluding steroid dienone is 1. The van der Waals surface area contributed by atoms with E-state index in [1.807, 2.05) is 20.2 Å². The molecule has 0 bridgehead atoms. The fraction of sp³-hybridized carbons (Fsp3) is 0.286. The van der Waals surface area contributed by atoms with Gasteiger partial charge in [0.2, 0.25) is 0 Å². The van der Waals surface area contributed by atoms with Gasteiger partial charge in [-0.1, -0.05) is 18.2 Å². The molecule has 19 heavy (non-hydrogen) atoms. The number of ketones is 1. The number of benzene rings is 1. The highest BCUT2D eigenvalue weighted by Gasteiger charge is 2.03. The molecule has 0 fully saturated rings. The predicted octanol–water partition coefficient (Wildman–Crippen LogP) is 1.75. The van der Waals surface area contributed by atoms with E-state index in [0.29, 0.717) is 18.5 Å². The van der Waals surface area contributed by atoms with E-state index in [1.165, 1.54) is 6.08 Å².